The zero-order chi connectivity index (χ0) is 12.4. The quantitative estimate of drug-likeness (QED) is 0.857. The van der Waals surface area contributed by atoms with Gasteiger partial charge in [-0.1, -0.05) is 0 Å². The molecule has 0 saturated heterocycles. The lowest BCUT2D eigenvalue weighted by Crippen LogP contribution is -2.22. The highest BCUT2D eigenvalue weighted by Crippen LogP contribution is 2.27. The van der Waals surface area contributed by atoms with Crippen molar-refractivity contribution in [3.63, 3.8) is 0 Å². The summed E-state index contributed by atoms with van der Waals surface area (Å²) in [5.41, 5.74) is 0.657. The van der Waals surface area contributed by atoms with Crippen molar-refractivity contribution < 1.29 is 0 Å². The third-order valence-electron chi connectivity index (χ3n) is 3.46. The highest BCUT2D eigenvalue weighted by atomic mass is 35.5. The van der Waals surface area contributed by atoms with E-state index in [-0.39, 0.29) is 0 Å². The van der Waals surface area contributed by atoms with Gasteiger partial charge in [0.25, 0.3) is 0 Å². The van der Waals surface area contributed by atoms with Crippen LogP contribution < -0.4 is 5.32 Å². The van der Waals surface area contributed by atoms with Gasteiger partial charge in [-0.2, -0.15) is 4.52 Å². The van der Waals surface area contributed by atoms with Crippen LogP contribution in [0.5, 0.6) is 0 Å². The summed E-state index contributed by atoms with van der Waals surface area (Å²) in [6.45, 7) is 0.921. The first-order valence-corrected chi connectivity index (χ1v) is 6.66. The monoisotopic (exact) mass is 266 g/mol. The zero-order valence-electron chi connectivity index (χ0n) is 9.96. The molecule has 3 rings (SSSR count). The summed E-state index contributed by atoms with van der Waals surface area (Å²) in [6.07, 6.45) is 7.98. The predicted molar refractivity (Wildman–Crippen MR) is 68.7 cm³/mol. The summed E-state index contributed by atoms with van der Waals surface area (Å²) in [7, 11) is 0. The SMILES string of the molecule is ClC1CCC(CNc2cncc3nnnn23)CC1. The number of halogens is 1. The van der Waals surface area contributed by atoms with Crippen molar-refractivity contribution in [2.45, 2.75) is 31.1 Å². The van der Waals surface area contributed by atoms with Crippen molar-refractivity contribution in [3.8, 4) is 0 Å². The molecule has 0 radical (unpaired) electrons. The lowest BCUT2D eigenvalue weighted by Gasteiger charge is -2.25. The molecule has 7 heteroatoms. The Morgan fingerprint density at radius 1 is 1.28 bits per heavy atom. The molecule has 0 aliphatic heterocycles. The van der Waals surface area contributed by atoms with E-state index in [9.17, 15) is 0 Å². The summed E-state index contributed by atoms with van der Waals surface area (Å²) in [6, 6.07) is 0. The molecule has 6 nitrogen and oxygen atoms in total. The average molecular weight is 267 g/mol. The molecule has 1 aliphatic rings. The van der Waals surface area contributed by atoms with Gasteiger partial charge in [-0.15, -0.1) is 16.7 Å². The predicted octanol–water partition coefficient (Wildman–Crippen LogP) is 1.73. The zero-order valence-corrected chi connectivity index (χ0v) is 10.7. The summed E-state index contributed by atoms with van der Waals surface area (Å²) in [5, 5.41) is 15.2. The molecule has 2 heterocycles. The van der Waals surface area contributed by atoms with E-state index in [1.807, 2.05) is 0 Å². The first-order valence-electron chi connectivity index (χ1n) is 6.23. The van der Waals surface area contributed by atoms with Crippen LogP contribution in [0.2, 0.25) is 0 Å². The molecule has 2 aromatic rings. The van der Waals surface area contributed by atoms with Gasteiger partial charge in [0.05, 0.1) is 12.4 Å². The Morgan fingerprint density at radius 2 is 2.11 bits per heavy atom. The molecule has 1 aliphatic carbocycles. The Kier molecular flexibility index (Phi) is 3.27. The van der Waals surface area contributed by atoms with E-state index in [2.05, 4.69) is 25.8 Å². The lowest BCUT2D eigenvalue weighted by molar-refractivity contribution is 0.377. The standard InChI is InChI=1S/C11H15ClN6/c12-9-3-1-8(2-4-9)5-14-10-6-13-7-11-15-16-17-18(10)11/h6-9,14H,1-5H2. The minimum atomic E-state index is 0.367. The van der Waals surface area contributed by atoms with E-state index in [1.54, 1.807) is 16.9 Å². The highest BCUT2D eigenvalue weighted by Gasteiger charge is 2.19. The smallest absolute Gasteiger partial charge is 0.199 e. The fourth-order valence-corrected chi connectivity index (χ4v) is 2.62. The number of hydrogen-bond acceptors (Lipinski definition) is 5. The third kappa shape index (κ3) is 2.38. The van der Waals surface area contributed by atoms with Gasteiger partial charge in [0.2, 0.25) is 0 Å². The summed E-state index contributed by atoms with van der Waals surface area (Å²) in [5.74, 6) is 1.51. The van der Waals surface area contributed by atoms with Crippen LogP contribution in [0.25, 0.3) is 5.65 Å². The Morgan fingerprint density at radius 3 is 2.94 bits per heavy atom. The van der Waals surface area contributed by atoms with Gasteiger partial charge in [0, 0.05) is 11.9 Å². The van der Waals surface area contributed by atoms with E-state index in [1.165, 1.54) is 12.8 Å². The van der Waals surface area contributed by atoms with Gasteiger partial charge >= 0.3 is 0 Å². The fraction of sp³-hybridized carbons (Fsp3) is 0.636. The van der Waals surface area contributed by atoms with Gasteiger partial charge in [-0.05, 0) is 42.0 Å². The van der Waals surface area contributed by atoms with Crippen molar-refractivity contribution in [3.05, 3.63) is 12.4 Å². The minimum absolute atomic E-state index is 0.367. The second kappa shape index (κ2) is 5.06. The van der Waals surface area contributed by atoms with E-state index in [4.69, 9.17) is 11.6 Å². The average Bonchev–Trinajstić information content (AvgIpc) is 2.87. The minimum Gasteiger partial charge on any atom is -0.368 e. The molecule has 0 aromatic carbocycles. The Hall–Kier alpha value is -1.43. The van der Waals surface area contributed by atoms with Crippen LogP contribution >= 0.6 is 11.6 Å². The van der Waals surface area contributed by atoms with Crippen molar-refractivity contribution >= 4 is 23.1 Å². The lowest BCUT2D eigenvalue weighted by atomic mass is 9.89. The molecule has 18 heavy (non-hydrogen) atoms. The molecule has 2 aromatic heterocycles. The Bertz CT molecular complexity index is 519. The highest BCUT2D eigenvalue weighted by molar-refractivity contribution is 6.20. The molecule has 0 spiro atoms. The maximum atomic E-state index is 6.10. The summed E-state index contributed by atoms with van der Waals surface area (Å²) in [4.78, 5) is 4.11. The number of aromatic nitrogens is 5. The van der Waals surface area contributed by atoms with Gasteiger partial charge in [-0.25, -0.2) is 0 Å². The van der Waals surface area contributed by atoms with Gasteiger partial charge < -0.3 is 5.32 Å². The van der Waals surface area contributed by atoms with Crippen molar-refractivity contribution in [1.82, 2.24) is 25.0 Å². The molecule has 0 unspecified atom stereocenters. The molecule has 96 valence electrons. The molecular weight excluding hydrogens is 252 g/mol. The van der Waals surface area contributed by atoms with Crippen LogP contribution in [0.15, 0.2) is 12.4 Å². The number of nitrogens with zero attached hydrogens (tertiary/aromatic N) is 5. The second-order valence-corrected chi connectivity index (χ2v) is 5.36. The Labute approximate surface area is 110 Å². The van der Waals surface area contributed by atoms with Crippen LogP contribution in [0.1, 0.15) is 25.7 Å². The number of anilines is 1. The molecule has 1 fully saturated rings. The van der Waals surface area contributed by atoms with Gasteiger partial charge in [0.15, 0.2) is 5.65 Å². The largest absolute Gasteiger partial charge is 0.368 e. The van der Waals surface area contributed by atoms with Crippen LogP contribution in [-0.2, 0) is 0 Å². The molecule has 0 bridgehead atoms. The molecular formula is C11H15ClN6. The molecule has 1 saturated carbocycles. The van der Waals surface area contributed by atoms with Crippen LogP contribution in [0.4, 0.5) is 5.82 Å². The normalized spacial score (nSPS) is 24.3. The second-order valence-electron chi connectivity index (χ2n) is 4.74. The first-order chi connectivity index (χ1) is 8.83. The van der Waals surface area contributed by atoms with Crippen LogP contribution in [-0.4, -0.2) is 36.9 Å². The van der Waals surface area contributed by atoms with Gasteiger partial charge in [0.1, 0.15) is 5.82 Å². The summed E-state index contributed by atoms with van der Waals surface area (Å²) >= 11 is 6.10. The topological polar surface area (TPSA) is 68.0 Å². The fourth-order valence-electron chi connectivity index (χ4n) is 2.37. The first kappa shape index (κ1) is 11.6. The van der Waals surface area contributed by atoms with Crippen molar-refractivity contribution in [1.29, 1.82) is 0 Å². The third-order valence-corrected chi connectivity index (χ3v) is 3.89. The van der Waals surface area contributed by atoms with Crippen molar-refractivity contribution in [2.24, 2.45) is 5.92 Å². The number of alkyl halides is 1. The molecule has 1 N–H and O–H groups in total. The maximum absolute atomic E-state index is 6.10. The number of rotatable bonds is 3. The number of hydrogen-bond donors (Lipinski definition) is 1. The van der Waals surface area contributed by atoms with Gasteiger partial charge in [-0.3, -0.25) is 4.98 Å². The van der Waals surface area contributed by atoms with Crippen molar-refractivity contribution in [2.75, 3.05) is 11.9 Å². The molecule has 0 amide bonds. The van der Waals surface area contributed by atoms with Crippen LogP contribution in [0.3, 0.4) is 0 Å². The van der Waals surface area contributed by atoms with Crippen LogP contribution in [0, 0.1) is 5.92 Å². The molecule has 0 atom stereocenters. The van der Waals surface area contributed by atoms with E-state index in [0.717, 1.165) is 25.2 Å². The maximum Gasteiger partial charge on any atom is 0.199 e. The van der Waals surface area contributed by atoms with E-state index >= 15 is 0 Å². The summed E-state index contributed by atoms with van der Waals surface area (Å²) < 4.78 is 1.67. The number of nitrogens with one attached hydrogen (secondary N) is 1. The number of tetrazole rings is 1. The number of fused-ring (bicyclic) bond motifs is 1. The van der Waals surface area contributed by atoms with E-state index in [0.29, 0.717) is 16.9 Å². The Balaban J connectivity index is 1.64. The van der Waals surface area contributed by atoms with E-state index < -0.39 is 0 Å².